The molecule has 0 aromatic rings. The minimum absolute atomic E-state index is 0.0379. The molecule has 4 heteroatoms. The van der Waals surface area contributed by atoms with Crippen LogP contribution in [0.1, 0.15) is 38.5 Å². The third-order valence-electron chi connectivity index (χ3n) is 4.80. The Balaban J connectivity index is 1.62. The van der Waals surface area contributed by atoms with Gasteiger partial charge in [0.1, 0.15) is 0 Å². The smallest absolute Gasteiger partial charge is 0.246 e. The summed E-state index contributed by atoms with van der Waals surface area (Å²) in [5.41, 5.74) is 0. The average molecular weight is 236 g/mol. The fraction of sp³-hybridized carbons (Fsp3) is 0.846. The summed E-state index contributed by atoms with van der Waals surface area (Å²) in [7, 11) is 1.60. The number of fused-ring (bicyclic) bond motifs is 2. The lowest BCUT2D eigenvalue weighted by Gasteiger charge is -2.33. The SMILES string of the molecule is CN1C(=O)CCC(NC2CC3CCC2C3)C1=O. The number of piperidine rings is 1. The monoisotopic (exact) mass is 236 g/mol. The minimum atomic E-state index is -0.123. The van der Waals surface area contributed by atoms with Crippen molar-refractivity contribution in [2.24, 2.45) is 11.8 Å². The van der Waals surface area contributed by atoms with Crippen molar-refractivity contribution in [3.63, 3.8) is 0 Å². The molecule has 0 aromatic carbocycles. The third kappa shape index (κ3) is 1.88. The third-order valence-corrected chi connectivity index (χ3v) is 4.80. The molecule has 1 saturated heterocycles. The number of likely N-dealkylation sites (tertiary alicyclic amines) is 1. The highest BCUT2D eigenvalue weighted by Gasteiger charge is 2.42. The summed E-state index contributed by atoms with van der Waals surface area (Å²) in [5.74, 6) is 1.58. The number of imide groups is 1. The van der Waals surface area contributed by atoms with E-state index in [1.807, 2.05) is 0 Å². The Morgan fingerprint density at radius 2 is 2.00 bits per heavy atom. The highest BCUT2D eigenvalue weighted by molar-refractivity contribution is 6.00. The molecule has 94 valence electrons. The molecule has 2 bridgehead atoms. The van der Waals surface area contributed by atoms with Crippen LogP contribution in [0.4, 0.5) is 0 Å². The van der Waals surface area contributed by atoms with Gasteiger partial charge in [0.2, 0.25) is 11.8 Å². The Kier molecular flexibility index (Phi) is 2.69. The van der Waals surface area contributed by atoms with E-state index in [1.54, 1.807) is 7.05 Å². The molecular formula is C13H20N2O2. The maximum absolute atomic E-state index is 12.0. The fourth-order valence-corrected chi connectivity index (χ4v) is 3.78. The van der Waals surface area contributed by atoms with Crippen LogP contribution < -0.4 is 5.32 Å². The summed E-state index contributed by atoms with van der Waals surface area (Å²) in [5, 5.41) is 3.51. The minimum Gasteiger partial charge on any atom is -0.303 e. The van der Waals surface area contributed by atoms with Gasteiger partial charge in [-0.05, 0) is 37.5 Å². The van der Waals surface area contributed by atoms with Gasteiger partial charge in [-0.15, -0.1) is 0 Å². The Morgan fingerprint density at radius 3 is 2.65 bits per heavy atom. The van der Waals surface area contributed by atoms with Gasteiger partial charge in [0.15, 0.2) is 0 Å². The zero-order valence-electron chi connectivity index (χ0n) is 10.3. The van der Waals surface area contributed by atoms with Gasteiger partial charge < -0.3 is 5.32 Å². The molecule has 3 rings (SSSR count). The van der Waals surface area contributed by atoms with Crippen molar-refractivity contribution in [3.8, 4) is 0 Å². The number of amides is 2. The molecule has 2 amide bonds. The van der Waals surface area contributed by atoms with E-state index >= 15 is 0 Å². The van der Waals surface area contributed by atoms with Crippen LogP contribution in [0.3, 0.4) is 0 Å². The second-order valence-electron chi connectivity index (χ2n) is 5.83. The lowest BCUT2D eigenvalue weighted by atomic mass is 9.93. The van der Waals surface area contributed by atoms with Gasteiger partial charge in [-0.1, -0.05) is 6.42 Å². The first kappa shape index (κ1) is 11.2. The molecule has 0 radical (unpaired) electrons. The summed E-state index contributed by atoms with van der Waals surface area (Å²) < 4.78 is 0. The van der Waals surface area contributed by atoms with E-state index in [-0.39, 0.29) is 17.9 Å². The Bertz CT molecular complexity index is 355. The van der Waals surface area contributed by atoms with Crippen molar-refractivity contribution < 1.29 is 9.59 Å². The Hall–Kier alpha value is -0.900. The first-order chi connectivity index (χ1) is 8.15. The molecule has 1 aliphatic heterocycles. The molecule has 4 unspecified atom stereocenters. The van der Waals surface area contributed by atoms with Crippen LogP contribution in [0.5, 0.6) is 0 Å². The van der Waals surface area contributed by atoms with Crippen LogP contribution in [0.2, 0.25) is 0 Å². The van der Waals surface area contributed by atoms with E-state index in [4.69, 9.17) is 0 Å². The molecule has 17 heavy (non-hydrogen) atoms. The standard InChI is InChI=1S/C13H20N2O2/c1-15-12(16)5-4-10(13(15)17)14-11-7-8-2-3-9(11)6-8/h8-11,14H,2-7H2,1H3. The number of hydrogen-bond donors (Lipinski definition) is 1. The van der Waals surface area contributed by atoms with Gasteiger partial charge in [0.25, 0.3) is 0 Å². The van der Waals surface area contributed by atoms with Crippen LogP contribution in [0, 0.1) is 11.8 Å². The number of carbonyl (C=O) groups is 2. The zero-order chi connectivity index (χ0) is 12.0. The lowest BCUT2D eigenvalue weighted by molar-refractivity contribution is -0.148. The number of nitrogens with zero attached hydrogens (tertiary/aromatic N) is 1. The molecule has 2 aliphatic carbocycles. The molecule has 3 aliphatic rings. The van der Waals surface area contributed by atoms with E-state index in [0.29, 0.717) is 18.9 Å². The average Bonchev–Trinajstić information content (AvgIpc) is 2.92. The van der Waals surface area contributed by atoms with Gasteiger partial charge in [-0.2, -0.15) is 0 Å². The first-order valence-electron chi connectivity index (χ1n) is 6.71. The van der Waals surface area contributed by atoms with Crippen LogP contribution in [-0.2, 0) is 9.59 Å². The van der Waals surface area contributed by atoms with E-state index in [9.17, 15) is 9.59 Å². The van der Waals surface area contributed by atoms with E-state index in [1.165, 1.54) is 30.6 Å². The fourth-order valence-electron chi connectivity index (χ4n) is 3.78. The van der Waals surface area contributed by atoms with E-state index in [0.717, 1.165) is 11.8 Å². The van der Waals surface area contributed by atoms with Gasteiger partial charge in [-0.25, -0.2) is 0 Å². The summed E-state index contributed by atoms with van der Waals surface area (Å²) in [6.07, 6.45) is 6.44. The number of carbonyl (C=O) groups excluding carboxylic acids is 2. The second-order valence-corrected chi connectivity index (χ2v) is 5.83. The number of nitrogens with one attached hydrogen (secondary N) is 1. The van der Waals surface area contributed by atoms with Crippen molar-refractivity contribution >= 4 is 11.8 Å². The predicted molar refractivity (Wildman–Crippen MR) is 63.2 cm³/mol. The predicted octanol–water partition coefficient (Wildman–Crippen LogP) is 0.912. The molecule has 1 N–H and O–H groups in total. The molecule has 1 heterocycles. The molecule has 0 spiro atoms. The normalized spacial score (nSPS) is 41.4. The first-order valence-corrected chi connectivity index (χ1v) is 6.71. The largest absolute Gasteiger partial charge is 0.303 e. The molecule has 3 fully saturated rings. The summed E-state index contributed by atoms with van der Waals surface area (Å²) in [6.45, 7) is 0. The van der Waals surface area contributed by atoms with Crippen LogP contribution in [0.15, 0.2) is 0 Å². The molecular weight excluding hydrogens is 216 g/mol. The molecule has 2 saturated carbocycles. The van der Waals surface area contributed by atoms with Gasteiger partial charge in [0.05, 0.1) is 6.04 Å². The molecule has 4 atom stereocenters. The summed E-state index contributed by atoms with van der Waals surface area (Å²) >= 11 is 0. The van der Waals surface area contributed by atoms with Crippen molar-refractivity contribution in [3.05, 3.63) is 0 Å². The van der Waals surface area contributed by atoms with Crippen molar-refractivity contribution in [2.75, 3.05) is 7.05 Å². The molecule has 0 aromatic heterocycles. The van der Waals surface area contributed by atoms with Crippen molar-refractivity contribution in [1.82, 2.24) is 10.2 Å². The maximum atomic E-state index is 12.0. The van der Waals surface area contributed by atoms with Crippen molar-refractivity contribution in [1.29, 1.82) is 0 Å². The maximum Gasteiger partial charge on any atom is 0.246 e. The van der Waals surface area contributed by atoms with Crippen LogP contribution in [0.25, 0.3) is 0 Å². The lowest BCUT2D eigenvalue weighted by Crippen LogP contribution is -2.54. The van der Waals surface area contributed by atoms with Gasteiger partial charge >= 0.3 is 0 Å². The quantitative estimate of drug-likeness (QED) is 0.725. The molecule has 4 nitrogen and oxygen atoms in total. The second kappa shape index (κ2) is 4.09. The van der Waals surface area contributed by atoms with Gasteiger partial charge in [-0.3, -0.25) is 14.5 Å². The highest BCUT2D eigenvalue weighted by atomic mass is 16.2. The Labute approximate surface area is 102 Å². The van der Waals surface area contributed by atoms with Crippen LogP contribution in [-0.4, -0.2) is 35.8 Å². The summed E-state index contributed by atoms with van der Waals surface area (Å²) in [6, 6.07) is 0.395. The van der Waals surface area contributed by atoms with E-state index in [2.05, 4.69) is 5.32 Å². The van der Waals surface area contributed by atoms with Gasteiger partial charge in [0, 0.05) is 19.5 Å². The number of rotatable bonds is 2. The van der Waals surface area contributed by atoms with Crippen LogP contribution >= 0.6 is 0 Å². The Morgan fingerprint density at radius 1 is 1.18 bits per heavy atom. The van der Waals surface area contributed by atoms with Crippen molar-refractivity contribution in [2.45, 2.75) is 50.6 Å². The van der Waals surface area contributed by atoms with E-state index < -0.39 is 0 Å². The highest BCUT2D eigenvalue weighted by Crippen LogP contribution is 2.44. The summed E-state index contributed by atoms with van der Waals surface area (Å²) in [4.78, 5) is 24.7. The number of likely N-dealkylation sites (N-methyl/N-ethyl adjacent to an activating group) is 1. The zero-order valence-corrected chi connectivity index (χ0v) is 10.3. The topological polar surface area (TPSA) is 49.4 Å². The number of hydrogen-bond acceptors (Lipinski definition) is 3.